The number of rotatable bonds is 6. The lowest BCUT2D eigenvalue weighted by Crippen LogP contribution is -2.18. The van der Waals surface area contributed by atoms with E-state index in [0.29, 0.717) is 15.6 Å². The Labute approximate surface area is 214 Å². The van der Waals surface area contributed by atoms with Crippen LogP contribution < -0.4 is 0 Å². The van der Waals surface area contributed by atoms with Gasteiger partial charge in [-0.25, -0.2) is 9.59 Å². The molecule has 0 amide bonds. The molecule has 0 aliphatic carbocycles. The van der Waals surface area contributed by atoms with Crippen molar-refractivity contribution < 1.29 is 33.7 Å². The number of hydrogen-bond donors (Lipinski definition) is 1. The highest BCUT2D eigenvalue weighted by Gasteiger charge is 2.29. The first-order valence-corrected chi connectivity index (χ1v) is 11.6. The van der Waals surface area contributed by atoms with E-state index in [1.165, 1.54) is 0 Å². The lowest BCUT2D eigenvalue weighted by Gasteiger charge is -2.09. The maximum atomic E-state index is 11.6. The first-order chi connectivity index (χ1) is 16.4. The Morgan fingerprint density at radius 1 is 0.943 bits per heavy atom. The number of esters is 3. The highest BCUT2D eigenvalue weighted by molar-refractivity contribution is 6.35. The Kier molecular flexibility index (Phi) is 10.2. The topological polar surface area (TPSA) is 99.1 Å². The zero-order chi connectivity index (χ0) is 26.3. The van der Waals surface area contributed by atoms with Gasteiger partial charge < -0.3 is 19.3 Å². The van der Waals surface area contributed by atoms with E-state index < -0.39 is 17.9 Å². The van der Waals surface area contributed by atoms with E-state index in [4.69, 9.17) is 32.7 Å². The van der Waals surface area contributed by atoms with E-state index in [1.807, 2.05) is 39.8 Å². The molecule has 0 fully saturated rings. The number of carbonyl (C=O) groups excluding carboxylic acids is 3. The second kappa shape index (κ2) is 12.6. The number of halogens is 2. The minimum absolute atomic E-state index is 0.0460. The molecule has 1 N–H and O–H groups in total. The van der Waals surface area contributed by atoms with E-state index in [2.05, 4.69) is 4.74 Å². The SMILES string of the molecule is CCOC(=O)COC(=O)Cc1c(C)cc(C)cc1Cl.Cc1cc(C)c(C2=C(O)COC2=O)c(Cl)c1. The molecule has 3 rings (SSSR count). The van der Waals surface area contributed by atoms with Crippen LogP contribution in [0.1, 0.15) is 40.3 Å². The summed E-state index contributed by atoms with van der Waals surface area (Å²) in [6, 6.07) is 7.41. The molecule has 1 aliphatic rings. The quantitative estimate of drug-likeness (QED) is 0.401. The van der Waals surface area contributed by atoms with Crippen LogP contribution in [0.5, 0.6) is 0 Å². The first-order valence-electron chi connectivity index (χ1n) is 10.9. The van der Waals surface area contributed by atoms with Gasteiger partial charge in [-0.2, -0.15) is 0 Å². The van der Waals surface area contributed by atoms with Crippen LogP contribution in [0.3, 0.4) is 0 Å². The maximum absolute atomic E-state index is 11.6. The normalized spacial score (nSPS) is 12.6. The molecule has 188 valence electrons. The molecule has 0 atom stereocenters. The van der Waals surface area contributed by atoms with Gasteiger partial charge in [0.2, 0.25) is 0 Å². The molecule has 7 nitrogen and oxygen atoms in total. The third-order valence-corrected chi connectivity index (χ3v) is 5.69. The molecule has 2 aromatic carbocycles. The van der Waals surface area contributed by atoms with Gasteiger partial charge in [0.05, 0.1) is 13.0 Å². The van der Waals surface area contributed by atoms with E-state index in [-0.39, 0.29) is 37.6 Å². The molecular formula is C26H28Cl2O7. The number of benzene rings is 2. The van der Waals surface area contributed by atoms with Gasteiger partial charge in [0, 0.05) is 15.6 Å². The molecule has 0 unspecified atom stereocenters. The first kappa shape index (κ1) is 28.2. The summed E-state index contributed by atoms with van der Waals surface area (Å²) in [5.41, 5.74) is 5.29. The molecule has 0 saturated heterocycles. The van der Waals surface area contributed by atoms with Crippen LogP contribution in [-0.4, -0.2) is 42.8 Å². The predicted molar refractivity (Wildman–Crippen MR) is 134 cm³/mol. The van der Waals surface area contributed by atoms with Crippen molar-refractivity contribution in [3.63, 3.8) is 0 Å². The van der Waals surface area contributed by atoms with Crippen molar-refractivity contribution in [3.8, 4) is 0 Å². The number of aliphatic hydroxyl groups is 1. The van der Waals surface area contributed by atoms with Crippen molar-refractivity contribution >= 4 is 46.7 Å². The Balaban J connectivity index is 0.000000250. The molecular weight excluding hydrogens is 495 g/mol. The van der Waals surface area contributed by atoms with Crippen LogP contribution in [0.2, 0.25) is 10.0 Å². The van der Waals surface area contributed by atoms with Crippen molar-refractivity contribution in [2.24, 2.45) is 0 Å². The number of ether oxygens (including phenoxy) is 3. The van der Waals surface area contributed by atoms with Crippen molar-refractivity contribution in [2.75, 3.05) is 19.8 Å². The van der Waals surface area contributed by atoms with Crippen LogP contribution in [0.4, 0.5) is 0 Å². The molecule has 9 heteroatoms. The summed E-state index contributed by atoms with van der Waals surface area (Å²) < 4.78 is 14.2. The van der Waals surface area contributed by atoms with Crippen LogP contribution in [0, 0.1) is 27.7 Å². The van der Waals surface area contributed by atoms with Crippen molar-refractivity contribution in [1.82, 2.24) is 0 Å². The van der Waals surface area contributed by atoms with Gasteiger partial charge >= 0.3 is 17.9 Å². The highest BCUT2D eigenvalue weighted by Crippen LogP contribution is 2.33. The summed E-state index contributed by atoms with van der Waals surface area (Å²) in [7, 11) is 0. The van der Waals surface area contributed by atoms with Crippen LogP contribution in [-0.2, 0) is 35.0 Å². The summed E-state index contributed by atoms with van der Waals surface area (Å²) >= 11 is 12.2. The molecule has 1 heterocycles. The van der Waals surface area contributed by atoms with Crippen molar-refractivity contribution in [2.45, 2.75) is 41.0 Å². The van der Waals surface area contributed by atoms with E-state index in [9.17, 15) is 19.5 Å². The zero-order valence-corrected chi connectivity index (χ0v) is 21.8. The zero-order valence-electron chi connectivity index (χ0n) is 20.3. The molecule has 2 aromatic rings. The fourth-order valence-corrected chi connectivity index (χ4v) is 4.39. The Morgan fingerprint density at radius 2 is 1.54 bits per heavy atom. The van der Waals surface area contributed by atoms with E-state index >= 15 is 0 Å². The minimum atomic E-state index is -0.553. The third kappa shape index (κ3) is 7.73. The minimum Gasteiger partial charge on any atom is -0.508 e. The summed E-state index contributed by atoms with van der Waals surface area (Å²) in [6.07, 6.45) is 0.0460. The van der Waals surface area contributed by atoms with E-state index in [1.54, 1.807) is 19.1 Å². The van der Waals surface area contributed by atoms with Crippen LogP contribution in [0.15, 0.2) is 30.0 Å². The van der Waals surface area contributed by atoms with Crippen molar-refractivity contribution in [3.05, 3.63) is 73.5 Å². The number of aliphatic hydroxyl groups excluding tert-OH is 1. The Bertz CT molecular complexity index is 1120. The largest absolute Gasteiger partial charge is 0.508 e. The summed E-state index contributed by atoms with van der Waals surface area (Å²) in [6.45, 7) is 9.10. The lowest BCUT2D eigenvalue weighted by molar-refractivity contribution is -0.158. The molecule has 0 spiro atoms. The smallest absolute Gasteiger partial charge is 0.344 e. The predicted octanol–water partition coefficient (Wildman–Crippen LogP) is 5.39. The van der Waals surface area contributed by atoms with Gasteiger partial charge in [-0.1, -0.05) is 35.3 Å². The maximum Gasteiger partial charge on any atom is 0.344 e. The monoisotopic (exact) mass is 522 g/mol. The molecule has 0 bridgehead atoms. The standard InChI is InChI=1S/C14H17ClO4.C12H11ClO3/c1-4-18-14(17)8-19-13(16)7-11-10(3)5-9(2)6-12(11)15;1-6-3-7(2)10(8(13)4-6)11-9(14)5-16-12(11)15/h5-6H,4,7-8H2,1-3H3;3-4,14H,5H2,1-2H3. The van der Waals surface area contributed by atoms with Gasteiger partial charge in [0.25, 0.3) is 0 Å². The average molecular weight is 523 g/mol. The van der Waals surface area contributed by atoms with Gasteiger partial charge in [-0.15, -0.1) is 0 Å². The molecule has 1 aliphatic heterocycles. The number of aryl methyl sites for hydroxylation is 4. The average Bonchev–Trinajstić information content (AvgIpc) is 3.07. The fraction of sp³-hybridized carbons (Fsp3) is 0.346. The van der Waals surface area contributed by atoms with Gasteiger partial charge in [0.1, 0.15) is 17.9 Å². The van der Waals surface area contributed by atoms with Crippen LogP contribution in [0.25, 0.3) is 5.57 Å². The Morgan fingerprint density at radius 3 is 2.06 bits per heavy atom. The number of carbonyl (C=O) groups is 3. The third-order valence-electron chi connectivity index (χ3n) is 5.05. The second-order valence-corrected chi connectivity index (χ2v) is 8.84. The van der Waals surface area contributed by atoms with Crippen molar-refractivity contribution in [1.29, 1.82) is 0 Å². The summed E-state index contributed by atoms with van der Waals surface area (Å²) in [5.74, 6) is -1.63. The molecule has 0 aromatic heterocycles. The summed E-state index contributed by atoms with van der Waals surface area (Å²) in [4.78, 5) is 34.2. The second-order valence-electron chi connectivity index (χ2n) is 8.02. The Hall–Kier alpha value is -3.03. The highest BCUT2D eigenvalue weighted by atomic mass is 35.5. The number of cyclic esters (lactones) is 1. The van der Waals surface area contributed by atoms with E-state index in [0.717, 1.165) is 27.8 Å². The lowest BCUT2D eigenvalue weighted by atomic mass is 9.98. The molecule has 35 heavy (non-hydrogen) atoms. The molecule has 0 radical (unpaired) electrons. The van der Waals surface area contributed by atoms with Gasteiger partial charge in [-0.3, -0.25) is 4.79 Å². The fourth-order valence-electron chi connectivity index (χ4n) is 3.58. The molecule has 0 saturated carbocycles. The van der Waals surface area contributed by atoms with Gasteiger partial charge in [0.15, 0.2) is 6.61 Å². The summed E-state index contributed by atoms with van der Waals surface area (Å²) in [5, 5.41) is 10.6. The van der Waals surface area contributed by atoms with Gasteiger partial charge in [-0.05, 0) is 74.6 Å². The number of hydrogen-bond acceptors (Lipinski definition) is 7. The van der Waals surface area contributed by atoms with Crippen LogP contribution >= 0.6 is 23.2 Å².